The van der Waals surface area contributed by atoms with Gasteiger partial charge in [0.25, 0.3) is 11.5 Å². The Labute approximate surface area is 111 Å². The molecule has 2 heterocycles. The van der Waals surface area contributed by atoms with Gasteiger partial charge in [0.15, 0.2) is 0 Å². The van der Waals surface area contributed by atoms with E-state index in [0.717, 1.165) is 30.3 Å². The fourth-order valence-corrected chi connectivity index (χ4v) is 2.40. The molecular formula is C13H19N3O3. The first kappa shape index (κ1) is 13.6. The zero-order chi connectivity index (χ0) is 14.0. The van der Waals surface area contributed by atoms with Crippen molar-refractivity contribution >= 4 is 5.91 Å². The molecule has 0 bridgehead atoms. The minimum atomic E-state index is -0.516. The number of rotatable bonds is 1. The maximum absolute atomic E-state index is 12.4. The van der Waals surface area contributed by atoms with E-state index in [0.29, 0.717) is 13.1 Å². The minimum absolute atomic E-state index is 0.0755. The van der Waals surface area contributed by atoms with Gasteiger partial charge >= 0.3 is 5.69 Å². The molecule has 0 radical (unpaired) electrons. The average Bonchev–Trinajstić information content (AvgIpc) is 2.68. The molecule has 0 spiro atoms. The van der Waals surface area contributed by atoms with Crippen LogP contribution in [0.4, 0.5) is 0 Å². The number of nitrogens with zero attached hydrogens (tertiary/aromatic N) is 3. The van der Waals surface area contributed by atoms with Crippen molar-refractivity contribution in [3.05, 3.63) is 32.6 Å². The zero-order valence-corrected chi connectivity index (χ0v) is 11.4. The van der Waals surface area contributed by atoms with Crippen LogP contribution in [-0.4, -0.2) is 33.0 Å². The third-order valence-electron chi connectivity index (χ3n) is 3.57. The average molecular weight is 265 g/mol. The molecule has 104 valence electrons. The molecule has 1 amide bonds. The zero-order valence-electron chi connectivity index (χ0n) is 11.4. The normalized spacial score (nSPS) is 16.2. The first-order valence-corrected chi connectivity index (χ1v) is 6.58. The molecule has 19 heavy (non-hydrogen) atoms. The summed E-state index contributed by atoms with van der Waals surface area (Å²) in [7, 11) is 2.94. The van der Waals surface area contributed by atoms with Gasteiger partial charge in [-0.1, -0.05) is 12.8 Å². The summed E-state index contributed by atoms with van der Waals surface area (Å²) in [4.78, 5) is 37.7. The number of likely N-dealkylation sites (tertiary alicyclic amines) is 1. The van der Waals surface area contributed by atoms with Gasteiger partial charge in [0.1, 0.15) is 5.56 Å². The SMILES string of the molecule is Cn1cc(C(=O)N2CCCCCC2)c(=O)n(C)c1=O. The second-order valence-electron chi connectivity index (χ2n) is 5.01. The van der Waals surface area contributed by atoms with Gasteiger partial charge in [0, 0.05) is 33.4 Å². The molecule has 2 rings (SSSR count). The van der Waals surface area contributed by atoms with Crippen molar-refractivity contribution in [2.24, 2.45) is 14.1 Å². The molecule has 6 nitrogen and oxygen atoms in total. The fourth-order valence-electron chi connectivity index (χ4n) is 2.40. The summed E-state index contributed by atoms with van der Waals surface area (Å²) >= 11 is 0. The summed E-state index contributed by atoms with van der Waals surface area (Å²) in [5, 5.41) is 0. The maximum atomic E-state index is 12.4. The van der Waals surface area contributed by atoms with Crippen LogP contribution in [0.3, 0.4) is 0 Å². The minimum Gasteiger partial charge on any atom is -0.338 e. The Morgan fingerprint density at radius 3 is 2.21 bits per heavy atom. The number of amides is 1. The largest absolute Gasteiger partial charge is 0.338 e. The Kier molecular flexibility index (Phi) is 3.87. The lowest BCUT2D eigenvalue weighted by Gasteiger charge is -2.20. The van der Waals surface area contributed by atoms with Crippen LogP contribution in [0.1, 0.15) is 36.0 Å². The summed E-state index contributed by atoms with van der Waals surface area (Å²) in [6.07, 6.45) is 5.53. The summed E-state index contributed by atoms with van der Waals surface area (Å²) in [5.41, 5.74) is -0.860. The highest BCUT2D eigenvalue weighted by atomic mass is 16.2. The van der Waals surface area contributed by atoms with Crippen molar-refractivity contribution in [3.63, 3.8) is 0 Å². The molecule has 0 aliphatic carbocycles. The molecule has 1 saturated heterocycles. The van der Waals surface area contributed by atoms with E-state index in [9.17, 15) is 14.4 Å². The second-order valence-corrected chi connectivity index (χ2v) is 5.01. The second kappa shape index (κ2) is 5.42. The molecule has 0 atom stereocenters. The Balaban J connectivity index is 2.38. The maximum Gasteiger partial charge on any atom is 0.330 e. The predicted molar refractivity (Wildman–Crippen MR) is 71.3 cm³/mol. The van der Waals surface area contributed by atoms with Gasteiger partial charge < -0.3 is 9.47 Å². The molecule has 1 fully saturated rings. The van der Waals surface area contributed by atoms with E-state index in [4.69, 9.17) is 0 Å². The molecule has 1 aliphatic heterocycles. The van der Waals surface area contributed by atoms with E-state index in [-0.39, 0.29) is 11.5 Å². The molecule has 1 aliphatic rings. The lowest BCUT2D eigenvalue weighted by Crippen LogP contribution is -2.43. The molecular weight excluding hydrogens is 246 g/mol. The van der Waals surface area contributed by atoms with Crippen molar-refractivity contribution < 1.29 is 4.79 Å². The topological polar surface area (TPSA) is 64.3 Å². The van der Waals surface area contributed by atoms with Gasteiger partial charge in [-0.2, -0.15) is 0 Å². The van der Waals surface area contributed by atoms with E-state index in [1.165, 1.54) is 17.8 Å². The van der Waals surface area contributed by atoms with E-state index in [2.05, 4.69) is 0 Å². The Morgan fingerprint density at radius 2 is 1.63 bits per heavy atom. The number of carbonyl (C=O) groups is 1. The van der Waals surface area contributed by atoms with Gasteiger partial charge in [-0.3, -0.25) is 14.2 Å². The monoisotopic (exact) mass is 265 g/mol. The van der Waals surface area contributed by atoms with E-state index in [1.54, 1.807) is 11.9 Å². The van der Waals surface area contributed by atoms with Gasteiger partial charge in [-0.15, -0.1) is 0 Å². The van der Waals surface area contributed by atoms with Gasteiger partial charge in [0.05, 0.1) is 0 Å². The molecule has 6 heteroatoms. The standard InChI is InChI=1S/C13H19N3O3/c1-14-9-10(11(17)15(2)13(14)19)12(18)16-7-5-3-4-6-8-16/h9H,3-8H2,1-2H3. The van der Waals surface area contributed by atoms with Crippen molar-refractivity contribution in [1.82, 2.24) is 14.0 Å². The van der Waals surface area contributed by atoms with Crippen LogP contribution in [0, 0.1) is 0 Å². The van der Waals surface area contributed by atoms with Crippen molar-refractivity contribution in [1.29, 1.82) is 0 Å². The van der Waals surface area contributed by atoms with Crippen LogP contribution in [0.15, 0.2) is 15.8 Å². The van der Waals surface area contributed by atoms with E-state index in [1.807, 2.05) is 0 Å². The van der Waals surface area contributed by atoms with E-state index >= 15 is 0 Å². The molecule has 0 saturated carbocycles. The summed E-state index contributed by atoms with van der Waals surface area (Å²) in [6, 6.07) is 0. The van der Waals surface area contributed by atoms with Crippen molar-refractivity contribution in [3.8, 4) is 0 Å². The molecule has 0 aromatic carbocycles. The van der Waals surface area contributed by atoms with Crippen LogP contribution in [0.5, 0.6) is 0 Å². The summed E-state index contributed by atoms with van der Waals surface area (Å²) < 4.78 is 2.25. The summed E-state index contributed by atoms with van der Waals surface area (Å²) in [5.74, 6) is -0.266. The number of aromatic nitrogens is 2. The number of hydrogen-bond donors (Lipinski definition) is 0. The highest BCUT2D eigenvalue weighted by molar-refractivity contribution is 5.93. The predicted octanol–water partition coefficient (Wildman–Crippen LogP) is 0.100. The van der Waals surface area contributed by atoms with Crippen LogP contribution in [0.2, 0.25) is 0 Å². The third kappa shape index (κ3) is 2.62. The Hall–Kier alpha value is -1.85. The van der Waals surface area contributed by atoms with Crippen LogP contribution < -0.4 is 11.2 Å². The van der Waals surface area contributed by atoms with Gasteiger partial charge in [-0.05, 0) is 12.8 Å². The van der Waals surface area contributed by atoms with Crippen LogP contribution >= 0.6 is 0 Å². The molecule has 0 unspecified atom stereocenters. The van der Waals surface area contributed by atoms with Crippen LogP contribution in [-0.2, 0) is 14.1 Å². The van der Waals surface area contributed by atoms with Gasteiger partial charge in [0.2, 0.25) is 0 Å². The number of carbonyl (C=O) groups excluding carboxylic acids is 1. The van der Waals surface area contributed by atoms with Crippen LogP contribution in [0.25, 0.3) is 0 Å². The van der Waals surface area contributed by atoms with Gasteiger partial charge in [-0.25, -0.2) is 4.79 Å². The number of aryl methyl sites for hydroxylation is 1. The lowest BCUT2D eigenvalue weighted by molar-refractivity contribution is 0.0758. The smallest absolute Gasteiger partial charge is 0.330 e. The van der Waals surface area contributed by atoms with E-state index < -0.39 is 11.2 Å². The molecule has 1 aromatic heterocycles. The highest BCUT2D eigenvalue weighted by Crippen LogP contribution is 2.11. The lowest BCUT2D eigenvalue weighted by atomic mass is 10.2. The first-order valence-electron chi connectivity index (χ1n) is 6.58. The first-order chi connectivity index (χ1) is 9.02. The molecule has 0 N–H and O–H groups in total. The highest BCUT2D eigenvalue weighted by Gasteiger charge is 2.21. The quantitative estimate of drug-likeness (QED) is 0.723. The fraction of sp³-hybridized carbons (Fsp3) is 0.615. The molecule has 1 aromatic rings. The van der Waals surface area contributed by atoms with Crippen molar-refractivity contribution in [2.75, 3.05) is 13.1 Å². The van der Waals surface area contributed by atoms with Crippen molar-refractivity contribution in [2.45, 2.75) is 25.7 Å². The summed E-state index contributed by atoms with van der Waals surface area (Å²) in [6.45, 7) is 1.37. The Bertz CT molecular complexity index is 592. The third-order valence-corrected chi connectivity index (χ3v) is 3.57. The number of hydrogen-bond acceptors (Lipinski definition) is 3. The Morgan fingerprint density at radius 1 is 1.05 bits per heavy atom.